The molecule has 0 unspecified atom stereocenters. The van der Waals surface area contributed by atoms with Gasteiger partial charge in [-0.05, 0) is 24.3 Å². The first kappa shape index (κ1) is 15.7. The summed E-state index contributed by atoms with van der Waals surface area (Å²) in [5.74, 6) is -1.04. The third-order valence-electron chi connectivity index (χ3n) is 4.00. The highest BCUT2D eigenvalue weighted by Crippen LogP contribution is 2.24. The number of aromatic nitrogens is 1. The van der Waals surface area contributed by atoms with Crippen molar-refractivity contribution in [3.8, 4) is 11.8 Å². The van der Waals surface area contributed by atoms with E-state index in [2.05, 4.69) is 4.98 Å². The van der Waals surface area contributed by atoms with Crippen molar-refractivity contribution >= 4 is 11.6 Å². The maximum absolute atomic E-state index is 13.7. The number of anilines is 1. The average Bonchev–Trinajstić information content (AvgIpc) is 2.61. The van der Waals surface area contributed by atoms with Gasteiger partial charge in [-0.1, -0.05) is 6.07 Å². The highest BCUT2D eigenvalue weighted by molar-refractivity contribution is 5.94. The molecule has 2 aromatic rings. The molecule has 1 fully saturated rings. The normalized spacial score (nSPS) is 14.3. The summed E-state index contributed by atoms with van der Waals surface area (Å²) in [5.41, 5.74) is 0.569. The zero-order valence-electron chi connectivity index (χ0n) is 12.8. The van der Waals surface area contributed by atoms with E-state index in [9.17, 15) is 14.3 Å². The third-order valence-corrected chi connectivity index (χ3v) is 4.00. The zero-order chi connectivity index (χ0) is 17.1. The number of nitrogens with zero attached hydrogens (tertiary/aromatic N) is 4. The molecule has 1 amide bonds. The lowest BCUT2D eigenvalue weighted by Gasteiger charge is -2.36. The van der Waals surface area contributed by atoms with Gasteiger partial charge in [-0.25, -0.2) is 9.37 Å². The number of amides is 1. The van der Waals surface area contributed by atoms with Crippen LogP contribution in [0.1, 0.15) is 16.1 Å². The predicted octanol–water partition coefficient (Wildman–Crippen LogP) is 1.76. The minimum absolute atomic E-state index is 0.0136. The molecule has 1 saturated heterocycles. The fourth-order valence-corrected chi connectivity index (χ4v) is 2.75. The predicted molar refractivity (Wildman–Crippen MR) is 85.1 cm³/mol. The summed E-state index contributed by atoms with van der Waals surface area (Å²) in [5, 5.41) is 18.9. The Kier molecular flexibility index (Phi) is 4.29. The minimum Gasteiger partial charge on any atom is -0.505 e. The second-order valence-electron chi connectivity index (χ2n) is 5.40. The Morgan fingerprint density at radius 3 is 2.62 bits per heavy atom. The lowest BCUT2D eigenvalue weighted by atomic mass is 10.1. The highest BCUT2D eigenvalue weighted by atomic mass is 19.1. The molecule has 1 aromatic heterocycles. The van der Waals surface area contributed by atoms with Crippen LogP contribution in [0.2, 0.25) is 0 Å². The van der Waals surface area contributed by atoms with Gasteiger partial charge in [-0.3, -0.25) is 4.79 Å². The summed E-state index contributed by atoms with van der Waals surface area (Å²) < 4.78 is 13.7. The standard InChI is InChI=1S/C17H15FN4O2/c18-13-3-1-4-14(12(13)11-19)21-7-9-22(10-8-21)17(24)16-15(23)5-2-6-20-16/h1-6,23H,7-10H2. The third kappa shape index (κ3) is 2.86. The van der Waals surface area contributed by atoms with E-state index in [4.69, 9.17) is 5.26 Å². The number of nitriles is 1. The Morgan fingerprint density at radius 1 is 1.21 bits per heavy atom. The van der Waals surface area contributed by atoms with E-state index in [0.717, 1.165) is 0 Å². The van der Waals surface area contributed by atoms with Crippen molar-refractivity contribution in [1.29, 1.82) is 5.26 Å². The Hall–Kier alpha value is -3.14. The molecule has 24 heavy (non-hydrogen) atoms. The van der Waals surface area contributed by atoms with Gasteiger partial charge in [0.2, 0.25) is 0 Å². The molecule has 7 heteroatoms. The largest absolute Gasteiger partial charge is 0.505 e. The lowest BCUT2D eigenvalue weighted by molar-refractivity contribution is 0.0737. The molecule has 1 aromatic carbocycles. The molecule has 3 rings (SSSR count). The van der Waals surface area contributed by atoms with Crippen LogP contribution in [0.5, 0.6) is 5.75 Å². The van der Waals surface area contributed by atoms with Crippen molar-refractivity contribution < 1.29 is 14.3 Å². The summed E-state index contributed by atoms with van der Waals surface area (Å²) in [7, 11) is 0. The van der Waals surface area contributed by atoms with E-state index in [0.29, 0.717) is 31.9 Å². The number of carbonyl (C=O) groups is 1. The smallest absolute Gasteiger partial charge is 0.276 e. The summed E-state index contributed by atoms with van der Waals surface area (Å²) in [6.07, 6.45) is 1.45. The summed E-state index contributed by atoms with van der Waals surface area (Å²) in [6, 6.07) is 9.38. The van der Waals surface area contributed by atoms with Crippen molar-refractivity contribution in [1.82, 2.24) is 9.88 Å². The quantitative estimate of drug-likeness (QED) is 0.909. The molecule has 0 spiro atoms. The fraction of sp³-hybridized carbons (Fsp3) is 0.235. The first-order chi connectivity index (χ1) is 11.6. The van der Waals surface area contributed by atoms with Crippen LogP contribution in [0.4, 0.5) is 10.1 Å². The molecule has 2 heterocycles. The first-order valence-electron chi connectivity index (χ1n) is 7.48. The minimum atomic E-state index is -0.549. The first-order valence-corrected chi connectivity index (χ1v) is 7.48. The van der Waals surface area contributed by atoms with Gasteiger partial charge in [0.05, 0.1) is 5.69 Å². The Morgan fingerprint density at radius 2 is 1.96 bits per heavy atom. The highest BCUT2D eigenvalue weighted by Gasteiger charge is 2.26. The van der Waals surface area contributed by atoms with Crippen molar-refractivity contribution in [3.05, 3.63) is 53.6 Å². The van der Waals surface area contributed by atoms with Crippen LogP contribution in [0.3, 0.4) is 0 Å². The molecule has 0 aliphatic carbocycles. The van der Waals surface area contributed by atoms with Crippen LogP contribution in [0.15, 0.2) is 36.5 Å². The van der Waals surface area contributed by atoms with Gasteiger partial charge >= 0.3 is 0 Å². The number of rotatable bonds is 2. The average molecular weight is 326 g/mol. The van der Waals surface area contributed by atoms with E-state index in [1.165, 1.54) is 18.3 Å². The number of halogens is 1. The second kappa shape index (κ2) is 6.54. The number of carbonyl (C=O) groups excluding carboxylic acids is 1. The molecule has 0 radical (unpaired) electrons. The van der Waals surface area contributed by atoms with E-state index < -0.39 is 5.82 Å². The Balaban J connectivity index is 1.73. The van der Waals surface area contributed by atoms with Crippen molar-refractivity contribution in [2.45, 2.75) is 0 Å². The number of hydrogen-bond acceptors (Lipinski definition) is 5. The lowest BCUT2D eigenvalue weighted by Crippen LogP contribution is -2.49. The van der Waals surface area contributed by atoms with Gasteiger partial charge in [0.25, 0.3) is 5.91 Å². The molecular formula is C17H15FN4O2. The summed E-state index contributed by atoms with van der Waals surface area (Å²) in [6.45, 7) is 1.74. The number of hydrogen-bond donors (Lipinski definition) is 1. The summed E-state index contributed by atoms with van der Waals surface area (Å²) in [4.78, 5) is 19.8. The second-order valence-corrected chi connectivity index (χ2v) is 5.40. The molecular weight excluding hydrogens is 311 g/mol. The van der Waals surface area contributed by atoms with Crippen molar-refractivity contribution in [2.75, 3.05) is 31.1 Å². The molecule has 1 aliphatic rings. The van der Waals surface area contributed by atoms with Crippen LogP contribution in [-0.4, -0.2) is 47.1 Å². The molecule has 6 nitrogen and oxygen atoms in total. The summed E-state index contributed by atoms with van der Waals surface area (Å²) >= 11 is 0. The Bertz CT molecular complexity index is 810. The molecule has 0 saturated carbocycles. The topological polar surface area (TPSA) is 80.5 Å². The monoisotopic (exact) mass is 326 g/mol. The van der Waals surface area contributed by atoms with Crippen molar-refractivity contribution in [3.63, 3.8) is 0 Å². The van der Waals surface area contributed by atoms with Gasteiger partial charge in [-0.2, -0.15) is 5.26 Å². The molecule has 1 aliphatic heterocycles. The molecule has 0 bridgehead atoms. The van der Waals surface area contributed by atoms with Crippen LogP contribution < -0.4 is 4.90 Å². The van der Waals surface area contributed by atoms with Crippen LogP contribution in [0, 0.1) is 17.1 Å². The van der Waals surface area contributed by atoms with Gasteiger partial charge < -0.3 is 14.9 Å². The number of aromatic hydroxyl groups is 1. The van der Waals surface area contributed by atoms with Crippen LogP contribution in [0.25, 0.3) is 0 Å². The van der Waals surface area contributed by atoms with E-state index in [1.807, 2.05) is 11.0 Å². The number of piperazine rings is 1. The molecule has 0 atom stereocenters. The molecule has 122 valence electrons. The van der Waals surface area contributed by atoms with Crippen molar-refractivity contribution in [2.24, 2.45) is 0 Å². The van der Waals surface area contributed by atoms with E-state index in [1.54, 1.807) is 23.1 Å². The SMILES string of the molecule is N#Cc1c(F)cccc1N1CCN(C(=O)c2ncccc2O)CC1. The molecule has 1 N–H and O–H groups in total. The van der Waals surface area contributed by atoms with Gasteiger partial charge in [0.15, 0.2) is 5.69 Å². The van der Waals surface area contributed by atoms with Crippen LogP contribution >= 0.6 is 0 Å². The maximum atomic E-state index is 13.7. The maximum Gasteiger partial charge on any atom is 0.276 e. The number of benzene rings is 1. The van der Waals surface area contributed by atoms with Crippen LogP contribution in [-0.2, 0) is 0 Å². The number of pyridine rings is 1. The van der Waals surface area contributed by atoms with Gasteiger partial charge in [0.1, 0.15) is 23.2 Å². The van der Waals surface area contributed by atoms with Gasteiger partial charge in [-0.15, -0.1) is 0 Å². The fourth-order valence-electron chi connectivity index (χ4n) is 2.75. The Labute approximate surface area is 138 Å². The zero-order valence-corrected chi connectivity index (χ0v) is 12.8. The van der Waals surface area contributed by atoms with E-state index in [-0.39, 0.29) is 22.9 Å². The van der Waals surface area contributed by atoms with E-state index >= 15 is 0 Å². The van der Waals surface area contributed by atoms with Gasteiger partial charge in [0, 0.05) is 32.4 Å².